The highest BCUT2D eigenvalue weighted by Crippen LogP contribution is 2.21. The second-order valence-corrected chi connectivity index (χ2v) is 4.57. The minimum atomic E-state index is -0.0139. The molecule has 0 aliphatic rings. The fraction of sp³-hybridized carbons (Fsp3) is 0.167. The Balaban J connectivity index is 2.41. The standard InChI is InChI=1S/C12H11BrN2O/c1-8-3-4-10(11(13)5-8)12(16)9-6-14-15(2)7-9/h3-7H,1-2H3. The van der Waals surface area contributed by atoms with Gasteiger partial charge in [0.25, 0.3) is 0 Å². The van der Waals surface area contributed by atoms with Crippen molar-refractivity contribution in [3.63, 3.8) is 0 Å². The highest BCUT2D eigenvalue weighted by molar-refractivity contribution is 9.10. The van der Waals surface area contributed by atoms with Crippen LogP contribution in [0.1, 0.15) is 21.5 Å². The van der Waals surface area contributed by atoms with Gasteiger partial charge in [0.05, 0.1) is 11.8 Å². The summed E-state index contributed by atoms with van der Waals surface area (Å²) in [6, 6.07) is 5.69. The molecule has 0 radical (unpaired) electrons. The topological polar surface area (TPSA) is 34.9 Å². The first-order chi connectivity index (χ1) is 7.58. The molecule has 1 aromatic heterocycles. The number of halogens is 1. The van der Waals surface area contributed by atoms with E-state index in [1.165, 1.54) is 0 Å². The van der Waals surface area contributed by atoms with Gasteiger partial charge in [0.15, 0.2) is 5.78 Å². The highest BCUT2D eigenvalue weighted by Gasteiger charge is 2.13. The van der Waals surface area contributed by atoms with E-state index in [2.05, 4.69) is 21.0 Å². The van der Waals surface area contributed by atoms with Crippen LogP contribution in [0.3, 0.4) is 0 Å². The van der Waals surface area contributed by atoms with Crippen LogP contribution < -0.4 is 0 Å². The molecule has 16 heavy (non-hydrogen) atoms. The average Bonchev–Trinajstić information content (AvgIpc) is 2.64. The van der Waals surface area contributed by atoms with Crippen molar-refractivity contribution >= 4 is 21.7 Å². The molecule has 0 N–H and O–H groups in total. The monoisotopic (exact) mass is 278 g/mol. The van der Waals surface area contributed by atoms with Gasteiger partial charge < -0.3 is 0 Å². The summed E-state index contributed by atoms with van der Waals surface area (Å²) < 4.78 is 2.44. The molecule has 0 aliphatic heterocycles. The van der Waals surface area contributed by atoms with E-state index in [4.69, 9.17) is 0 Å². The Morgan fingerprint density at radius 1 is 1.44 bits per heavy atom. The predicted molar refractivity (Wildman–Crippen MR) is 65.5 cm³/mol. The molecule has 0 spiro atoms. The van der Waals surface area contributed by atoms with E-state index in [1.807, 2.05) is 25.1 Å². The molecule has 0 atom stereocenters. The lowest BCUT2D eigenvalue weighted by atomic mass is 10.1. The van der Waals surface area contributed by atoms with E-state index in [0.717, 1.165) is 10.0 Å². The summed E-state index contributed by atoms with van der Waals surface area (Å²) in [5.74, 6) is -0.0139. The van der Waals surface area contributed by atoms with Gasteiger partial charge in [0, 0.05) is 23.3 Å². The Hall–Kier alpha value is -1.42. The van der Waals surface area contributed by atoms with Gasteiger partial charge in [-0.15, -0.1) is 0 Å². The third kappa shape index (κ3) is 2.07. The molecule has 1 heterocycles. The quantitative estimate of drug-likeness (QED) is 0.792. The fourth-order valence-electron chi connectivity index (χ4n) is 1.50. The molecule has 2 aromatic rings. The smallest absolute Gasteiger partial charge is 0.197 e. The Bertz CT molecular complexity index is 546. The number of rotatable bonds is 2. The number of carbonyl (C=O) groups excluding carboxylic acids is 1. The second-order valence-electron chi connectivity index (χ2n) is 3.72. The van der Waals surface area contributed by atoms with Gasteiger partial charge in [-0.05, 0) is 24.6 Å². The summed E-state index contributed by atoms with van der Waals surface area (Å²) in [5, 5.41) is 3.99. The van der Waals surface area contributed by atoms with Gasteiger partial charge >= 0.3 is 0 Å². The molecular weight excluding hydrogens is 268 g/mol. The van der Waals surface area contributed by atoms with Crippen LogP contribution in [0.4, 0.5) is 0 Å². The van der Waals surface area contributed by atoms with Crippen LogP contribution in [-0.2, 0) is 7.05 Å². The molecule has 0 aliphatic carbocycles. The minimum Gasteiger partial charge on any atom is -0.288 e. The number of benzene rings is 1. The molecule has 0 unspecified atom stereocenters. The van der Waals surface area contributed by atoms with Crippen molar-refractivity contribution < 1.29 is 4.79 Å². The number of aromatic nitrogens is 2. The zero-order valence-corrected chi connectivity index (χ0v) is 10.7. The highest BCUT2D eigenvalue weighted by atomic mass is 79.9. The normalized spacial score (nSPS) is 10.4. The first-order valence-electron chi connectivity index (χ1n) is 4.87. The lowest BCUT2D eigenvalue weighted by Gasteiger charge is -2.02. The van der Waals surface area contributed by atoms with E-state index in [9.17, 15) is 4.79 Å². The molecule has 0 fully saturated rings. The van der Waals surface area contributed by atoms with Crippen molar-refractivity contribution in [2.45, 2.75) is 6.92 Å². The molecular formula is C12H11BrN2O. The Morgan fingerprint density at radius 2 is 2.19 bits per heavy atom. The van der Waals surface area contributed by atoms with Gasteiger partial charge in [-0.3, -0.25) is 9.48 Å². The van der Waals surface area contributed by atoms with Gasteiger partial charge in [-0.25, -0.2) is 0 Å². The fourth-order valence-corrected chi connectivity index (χ4v) is 2.17. The van der Waals surface area contributed by atoms with Crippen molar-refractivity contribution in [1.29, 1.82) is 0 Å². The summed E-state index contributed by atoms with van der Waals surface area (Å²) in [6.07, 6.45) is 3.29. The van der Waals surface area contributed by atoms with Crippen molar-refractivity contribution in [2.24, 2.45) is 7.05 Å². The second kappa shape index (κ2) is 4.22. The summed E-state index contributed by atoms with van der Waals surface area (Å²) >= 11 is 3.40. The van der Waals surface area contributed by atoms with Gasteiger partial charge in [-0.2, -0.15) is 5.10 Å². The van der Waals surface area contributed by atoms with Crippen LogP contribution in [0.25, 0.3) is 0 Å². The third-order valence-corrected chi connectivity index (χ3v) is 2.99. The van der Waals surface area contributed by atoms with Crippen LogP contribution in [0.2, 0.25) is 0 Å². The number of aryl methyl sites for hydroxylation is 2. The molecule has 0 amide bonds. The van der Waals surface area contributed by atoms with Crippen molar-refractivity contribution in [2.75, 3.05) is 0 Å². The van der Waals surface area contributed by atoms with Crippen molar-refractivity contribution in [3.05, 3.63) is 51.8 Å². The molecule has 2 rings (SSSR count). The zero-order valence-electron chi connectivity index (χ0n) is 9.07. The Kier molecular flexibility index (Phi) is 2.92. The number of carbonyl (C=O) groups is 1. The summed E-state index contributed by atoms with van der Waals surface area (Å²) in [4.78, 5) is 12.1. The molecule has 3 nitrogen and oxygen atoms in total. The largest absolute Gasteiger partial charge is 0.288 e. The lowest BCUT2D eigenvalue weighted by Crippen LogP contribution is -2.01. The SMILES string of the molecule is Cc1ccc(C(=O)c2cnn(C)c2)c(Br)c1. The Morgan fingerprint density at radius 3 is 2.75 bits per heavy atom. The van der Waals surface area contributed by atoms with Crippen LogP contribution >= 0.6 is 15.9 Å². The number of ketones is 1. The van der Waals surface area contributed by atoms with Crippen LogP contribution in [0.5, 0.6) is 0 Å². The summed E-state index contributed by atoms with van der Waals surface area (Å²) in [6.45, 7) is 1.99. The first kappa shape index (κ1) is 11.1. The number of hydrogen-bond acceptors (Lipinski definition) is 2. The maximum atomic E-state index is 12.1. The van der Waals surface area contributed by atoms with Crippen LogP contribution in [0, 0.1) is 6.92 Å². The van der Waals surface area contributed by atoms with Gasteiger partial charge in [0.2, 0.25) is 0 Å². The van der Waals surface area contributed by atoms with Crippen molar-refractivity contribution in [3.8, 4) is 0 Å². The molecule has 82 valence electrons. The predicted octanol–water partition coefficient (Wildman–Crippen LogP) is 2.72. The average molecular weight is 279 g/mol. The van der Waals surface area contributed by atoms with Crippen LogP contribution in [0.15, 0.2) is 35.1 Å². The minimum absolute atomic E-state index is 0.0139. The number of nitrogens with zero attached hydrogens (tertiary/aromatic N) is 2. The lowest BCUT2D eigenvalue weighted by molar-refractivity contribution is 0.103. The van der Waals surface area contributed by atoms with Crippen LogP contribution in [-0.4, -0.2) is 15.6 Å². The zero-order chi connectivity index (χ0) is 11.7. The molecule has 0 saturated heterocycles. The maximum absolute atomic E-state index is 12.1. The molecule has 0 saturated carbocycles. The molecule has 0 bridgehead atoms. The number of hydrogen-bond donors (Lipinski definition) is 0. The van der Waals surface area contributed by atoms with E-state index < -0.39 is 0 Å². The third-order valence-electron chi connectivity index (χ3n) is 2.34. The van der Waals surface area contributed by atoms with Gasteiger partial charge in [0.1, 0.15) is 0 Å². The van der Waals surface area contributed by atoms with Crippen molar-refractivity contribution in [1.82, 2.24) is 9.78 Å². The van der Waals surface area contributed by atoms with Gasteiger partial charge in [-0.1, -0.05) is 22.0 Å². The van der Waals surface area contributed by atoms with E-state index in [1.54, 1.807) is 24.1 Å². The summed E-state index contributed by atoms with van der Waals surface area (Å²) in [5.41, 5.74) is 2.39. The van der Waals surface area contributed by atoms with E-state index in [-0.39, 0.29) is 5.78 Å². The van der Waals surface area contributed by atoms with E-state index >= 15 is 0 Å². The Labute approximate surface area is 102 Å². The summed E-state index contributed by atoms with van der Waals surface area (Å²) in [7, 11) is 1.79. The maximum Gasteiger partial charge on any atom is 0.197 e. The molecule has 4 heteroatoms. The molecule has 1 aromatic carbocycles. The first-order valence-corrected chi connectivity index (χ1v) is 5.67. The van der Waals surface area contributed by atoms with E-state index in [0.29, 0.717) is 11.1 Å².